The Morgan fingerprint density at radius 1 is 1.06 bits per heavy atom. The van der Waals surface area contributed by atoms with E-state index in [1.165, 1.54) is 18.2 Å². The molecule has 1 aromatic carbocycles. The van der Waals surface area contributed by atoms with Crippen molar-refractivity contribution in [3.63, 3.8) is 0 Å². The topological polar surface area (TPSA) is 107 Å². The van der Waals surface area contributed by atoms with Gasteiger partial charge in [0.2, 0.25) is 5.91 Å². The van der Waals surface area contributed by atoms with E-state index in [0.717, 1.165) is 49.9 Å². The fourth-order valence-electron chi connectivity index (χ4n) is 3.96. The van der Waals surface area contributed by atoms with Gasteiger partial charge in [-0.25, -0.2) is 4.79 Å². The highest BCUT2D eigenvalue weighted by molar-refractivity contribution is 7.99. The molecule has 2 saturated carbocycles. The highest BCUT2D eigenvalue weighted by atomic mass is 32.2. The zero-order valence-corrected chi connectivity index (χ0v) is 19.2. The van der Waals surface area contributed by atoms with Crippen LogP contribution in [-0.4, -0.2) is 52.7 Å². The molecule has 9 nitrogen and oxygen atoms in total. The van der Waals surface area contributed by atoms with Gasteiger partial charge in [-0.3, -0.25) is 14.7 Å². The molecule has 0 spiro atoms. The lowest BCUT2D eigenvalue weighted by molar-refractivity contribution is -0.117. The van der Waals surface area contributed by atoms with E-state index in [4.69, 9.17) is 9.47 Å². The number of nitrogens with one attached hydrogen (secondary N) is 2. The van der Waals surface area contributed by atoms with Crippen LogP contribution < -0.4 is 20.1 Å². The summed E-state index contributed by atoms with van der Waals surface area (Å²) in [5, 5.41) is 14.7. The normalized spacial score (nSPS) is 16.4. The molecule has 2 aliphatic rings. The number of ether oxygens (including phenoxy) is 2. The van der Waals surface area contributed by atoms with Crippen LogP contribution >= 0.6 is 11.8 Å². The van der Waals surface area contributed by atoms with Gasteiger partial charge < -0.3 is 14.8 Å². The first-order chi connectivity index (χ1) is 15.6. The second-order valence-electron chi connectivity index (χ2n) is 8.12. The summed E-state index contributed by atoms with van der Waals surface area (Å²) < 4.78 is 13.0. The number of aromatic nitrogens is 3. The Labute approximate surface area is 191 Å². The first-order valence-electron chi connectivity index (χ1n) is 11.0. The average Bonchev–Trinajstić information content (AvgIpc) is 3.52. The van der Waals surface area contributed by atoms with Crippen molar-refractivity contribution in [3.05, 3.63) is 18.2 Å². The zero-order chi connectivity index (χ0) is 22.5. The summed E-state index contributed by atoms with van der Waals surface area (Å²) in [5.41, 5.74) is 0.876. The van der Waals surface area contributed by atoms with E-state index in [2.05, 4.69) is 25.4 Å². The number of benzene rings is 1. The zero-order valence-electron chi connectivity index (χ0n) is 18.4. The molecule has 1 aromatic heterocycles. The SMILES string of the molecule is COc1ccc(-c2nnc(SCC(=O)NC(=O)NC3CC3)n2C2CCCCC2)cc1OC. The van der Waals surface area contributed by atoms with E-state index >= 15 is 0 Å². The Morgan fingerprint density at radius 3 is 2.50 bits per heavy atom. The van der Waals surface area contributed by atoms with Crippen molar-refractivity contribution < 1.29 is 19.1 Å². The number of carbonyl (C=O) groups is 2. The van der Waals surface area contributed by atoms with Crippen molar-refractivity contribution in [1.82, 2.24) is 25.4 Å². The van der Waals surface area contributed by atoms with Crippen molar-refractivity contribution in [2.75, 3.05) is 20.0 Å². The first kappa shape index (κ1) is 22.4. The van der Waals surface area contributed by atoms with Crippen molar-refractivity contribution in [2.45, 2.75) is 62.2 Å². The molecular formula is C22H29N5O4S. The molecule has 0 bridgehead atoms. The summed E-state index contributed by atoms with van der Waals surface area (Å²) in [5.74, 6) is 1.76. The van der Waals surface area contributed by atoms with Crippen LogP contribution in [0.2, 0.25) is 0 Å². The summed E-state index contributed by atoms with van der Waals surface area (Å²) >= 11 is 1.30. The molecule has 3 amide bonds. The minimum Gasteiger partial charge on any atom is -0.493 e. The molecule has 4 rings (SSSR count). The number of rotatable bonds is 8. The number of imide groups is 1. The lowest BCUT2D eigenvalue weighted by Crippen LogP contribution is -2.41. The second-order valence-corrected chi connectivity index (χ2v) is 9.06. The monoisotopic (exact) mass is 459 g/mol. The summed E-state index contributed by atoms with van der Waals surface area (Å²) in [4.78, 5) is 24.1. The number of nitrogens with zero attached hydrogens (tertiary/aromatic N) is 3. The molecule has 1 heterocycles. The molecule has 172 valence electrons. The summed E-state index contributed by atoms with van der Waals surface area (Å²) in [6, 6.07) is 5.73. The van der Waals surface area contributed by atoms with Gasteiger partial charge in [0, 0.05) is 17.6 Å². The average molecular weight is 460 g/mol. The lowest BCUT2D eigenvalue weighted by Gasteiger charge is -2.25. The predicted molar refractivity (Wildman–Crippen MR) is 121 cm³/mol. The summed E-state index contributed by atoms with van der Waals surface area (Å²) in [6.07, 6.45) is 7.56. The molecule has 0 atom stereocenters. The van der Waals surface area contributed by atoms with E-state index in [-0.39, 0.29) is 23.7 Å². The van der Waals surface area contributed by atoms with Gasteiger partial charge in [0.25, 0.3) is 0 Å². The summed E-state index contributed by atoms with van der Waals surface area (Å²) in [7, 11) is 3.21. The third kappa shape index (κ3) is 5.35. The molecule has 10 heteroatoms. The minimum atomic E-state index is -0.433. The summed E-state index contributed by atoms with van der Waals surface area (Å²) in [6.45, 7) is 0. The van der Waals surface area contributed by atoms with Crippen molar-refractivity contribution in [3.8, 4) is 22.9 Å². The van der Waals surface area contributed by atoms with Crippen LogP contribution in [0.15, 0.2) is 23.4 Å². The molecule has 2 aromatic rings. The fraction of sp³-hybridized carbons (Fsp3) is 0.545. The van der Waals surface area contributed by atoms with Gasteiger partial charge >= 0.3 is 6.03 Å². The Morgan fingerprint density at radius 2 is 1.81 bits per heavy atom. The smallest absolute Gasteiger partial charge is 0.321 e. The third-order valence-electron chi connectivity index (χ3n) is 5.74. The quantitative estimate of drug-likeness (QED) is 0.581. The standard InChI is InChI=1S/C22H29N5O4S/c1-30-17-11-8-14(12-18(17)31-2)20-25-26-22(27(20)16-6-4-3-5-7-16)32-13-19(28)24-21(29)23-15-9-10-15/h8,11-12,15-16H,3-7,9-10,13H2,1-2H3,(H2,23,24,28,29). The Balaban J connectivity index is 1.54. The van der Waals surface area contributed by atoms with Gasteiger partial charge in [-0.1, -0.05) is 31.0 Å². The van der Waals surface area contributed by atoms with Crippen LogP contribution in [0.5, 0.6) is 11.5 Å². The van der Waals surface area contributed by atoms with Gasteiger partial charge in [0.05, 0.1) is 20.0 Å². The Bertz CT molecular complexity index is 969. The lowest BCUT2D eigenvalue weighted by atomic mass is 9.95. The molecule has 0 aliphatic heterocycles. The van der Waals surface area contributed by atoms with Crippen LogP contribution in [0.1, 0.15) is 51.0 Å². The van der Waals surface area contributed by atoms with E-state index < -0.39 is 6.03 Å². The van der Waals surface area contributed by atoms with Crippen LogP contribution in [0.4, 0.5) is 4.79 Å². The molecule has 2 fully saturated rings. The highest BCUT2D eigenvalue weighted by Gasteiger charge is 2.26. The third-order valence-corrected chi connectivity index (χ3v) is 6.69. The molecular weight excluding hydrogens is 430 g/mol. The van der Waals surface area contributed by atoms with E-state index in [1.54, 1.807) is 14.2 Å². The Kier molecular flexibility index (Phi) is 7.19. The molecule has 32 heavy (non-hydrogen) atoms. The Hall–Kier alpha value is -2.75. The highest BCUT2D eigenvalue weighted by Crippen LogP contribution is 2.38. The van der Waals surface area contributed by atoms with Crippen LogP contribution in [-0.2, 0) is 4.79 Å². The van der Waals surface area contributed by atoms with E-state index in [1.807, 2.05) is 18.2 Å². The number of thioether (sulfide) groups is 1. The second kappa shape index (κ2) is 10.2. The number of amides is 3. The number of hydrogen-bond donors (Lipinski definition) is 2. The predicted octanol–water partition coefficient (Wildman–Crippen LogP) is 3.55. The molecule has 2 N–H and O–H groups in total. The van der Waals surface area contributed by atoms with Crippen molar-refractivity contribution >= 4 is 23.7 Å². The van der Waals surface area contributed by atoms with E-state index in [9.17, 15) is 9.59 Å². The number of urea groups is 1. The molecule has 0 radical (unpaired) electrons. The largest absolute Gasteiger partial charge is 0.493 e. The van der Waals surface area contributed by atoms with Gasteiger partial charge in [0.15, 0.2) is 22.5 Å². The van der Waals surface area contributed by atoms with Gasteiger partial charge in [-0.2, -0.15) is 0 Å². The maximum absolute atomic E-state index is 12.3. The van der Waals surface area contributed by atoms with E-state index in [0.29, 0.717) is 16.7 Å². The molecule has 0 saturated heterocycles. The number of methoxy groups -OCH3 is 2. The maximum Gasteiger partial charge on any atom is 0.321 e. The minimum absolute atomic E-state index is 0.0921. The maximum atomic E-state index is 12.3. The van der Waals surface area contributed by atoms with Crippen molar-refractivity contribution in [1.29, 1.82) is 0 Å². The van der Waals surface area contributed by atoms with Crippen molar-refractivity contribution in [2.24, 2.45) is 0 Å². The van der Waals surface area contributed by atoms with Gasteiger partial charge in [0.1, 0.15) is 0 Å². The van der Waals surface area contributed by atoms with Gasteiger partial charge in [-0.15, -0.1) is 10.2 Å². The number of carbonyl (C=O) groups excluding carboxylic acids is 2. The van der Waals surface area contributed by atoms with Crippen LogP contribution in [0.25, 0.3) is 11.4 Å². The first-order valence-corrected chi connectivity index (χ1v) is 12.0. The fourth-order valence-corrected chi connectivity index (χ4v) is 4.76. The van der Waals surface area contributed by atoms with Gasteiger partial charge in [-0.05, 0) is 43.9 Å². The molecule has 0 unspecified atom stereocenters. The van der Waals surface area contributed by atoms with Crippen LogP contribution in [0, 0.1) is 0 Å². The molecule has 2 aliphatic carbocycles. The number of hydrogen-bond acceptors (Lipinski definition) is 7. The van der Waals surface area contributed by atoms with Crippen LogP contribution in [0.3, 0.4) is 0 Å².